The number of hydrogen-bond acceptors (Lipinski definition) is 4. The summed E-state index contributed by atoms with van der Waals surface area (Å²) < 4.78 is 49.4. The number of methoxy groups -OCH3 is 1. The molecule has 8 heteroatoms. The molecule has 140 valence electrons. The maximum Gasteiger partial charge on any atom is 0.416 e. The molecule has 5 nitrogen and oxygen atoms in total. The van der Waals surface area contributed by atoms with Gasteiger partial charge in [-0.2, -0.15) is 13.2 Å². The normalized spacial score (nSPS) is 11.4. The lowest BCUT2D eigenvalue weighted by molar-refractivity contribution is -0.137. The van der Waals surface area contributed by atoms with Crippen molar-refractivity contribution in [3.8, 4) is 5.75 Å². The lowest BCUT2D eigenvalue weighted by Crippen LogP contribution is -2.18. The zero-order chi connectivity index (χ0) is 19.6. The number of aromatic nitrogens is 1. The van der Waals surface area contributed by atoms with Crippen LogP contribution in [0.5, 0.6) is 5.75 Å². The van der Waals surface area contributed by atoms with Crippen LogP contribution in [0, 0.1) is 0 Å². The van der Waals surface area contributed by atoms with Gasteiger partial charge in [-0.1, -0.05) is 24.3 Å². The summed E-state index contributed by atoms with van der Waals surface area (Å²) >= 11 is 0. The molecule has 0 aliphatic heterocycles. The summed E-state index contributed by atoms with van der Waals surface area (Å²) in [7, 11) is 1.23. The number of carbonyl (C=O) groups excluding carboxylic acids is 2. The third kappa shape index (κ3) is 3.79. The van der Waals surface area contributed by atoms with Crippen LogP contribution in [0.1, 0.15) is 20.7 Å². The van der Waals surface area contributed by atoms with Gasteiger partial charge in [0.15, 0.2) is 6.61 Å². The average molecular weight is 377 g/mol. The molecule has 0 amide bonds. The molecule has 0 spiro atoms. The molecule has 0 N–H and O–H groups in total. The van der Waals surface area contributed by atoms with Crippen LogP contribution >= 0.6 is 0 Å². The lowest BCUT2D eigenvalue weighted by atomic mass is 10.2. The molecule has 0 unspecified atom stereocenters. The van der Waals surface area contributed by atoms with E-state index in [1.807, 2.05) is 0 Å². The van der Waals surface area contributed by atoms with Gasteiger partial charge in [0.1, 0.15) is 5.75 Å². The predicted octanol–water partition coefficient (Wildman–Crippen LogP) is 4.17. The van der Waals surface area contributed by atoms with Crippen LogP contribution in [0.25, 0.3) is 10.9 Å². The maximum atomic E-state index is 12.7. The summed E-state index contributed by atoms with van der Waals surface area (Å²) in [5.74, 6) is -1.22. The highest BCUT2D eigenvalue weighted by atomic mass is 19.4. The number of fused-ring (bicyclic) bond motifs is 1. The summed E-state index contributed by atoms with van der Waals surface area (Å²) in [6.07, 6.45) is -3.18. The van der Waals surface area contributed by atoms with E-state index in [-0.39, 0.29) is 11.3 Å². The van der Waals surface area contributed by atoms with Crippen molar-refractivity contribution < 1.29 is 32.2 Å². The van der Waals surface area contributed by atoms with Gasteiger partial charge < -0.3 is 9.47 Å². The van der Waals surface area contributed by atoms with Gasteiger partial charge in [0.25, 0.3) is 5.91 Å². The van der Waals surface area contributed by atoms with Crippen molar-refractivity contribution in [3.63, 3.8) is 0 Å². The van der Waals surface area contributed by atoms with Gasteiger partial charge in [0.2, 0.25) is 0 Å². The van der Waals surface area contributed by atoms with E-state index in [1.54, 1.807) is 24.3 Å². The van der Waals surface area contributed by atoms with Gasteiger partial charge >= 0.3 is 12.1 Å². The molecule has 3 aromatic rings. The van der Waals surface area contributed by atoms with Crippen molar-refractivity contribution in [3.05, 3.63) is 65.9 Å². The first-order valence-corrected chi connectivity index (χ1v) is 7.83. The number of ether oxygens (including phenoxy) is 2. The van der Waals surface area contributed by atoms with Crippen LogP contribution in [0.4, 0.5) is 13.2 Å². The third-order valence-corrected chi connectivity index (χ3v) is 3.91. The number of nitrogens with zero attached hydrogens (tertiary/aromatic N) is 1. The fourth-order valence-corrected chi connectivity index (χ4v) is 2.64. The molecule has 1 heterocycles. The minimum atomic E-state index is -4.50. The van der Waals surface area contributed by atoms with E-state index in [4.69, 9.17) is 9.47 Å². The van der Waals surface area contributed by atoms with Crippen LogP contribution in [-0.2, 0) is 10.9 Å². The first kappa shape index (κ1) is 18.5. The molecular weight excluding hydrogens is 363 g/mol. The zero-order valence-electron chi connectivity index (χ0n) is 14.1. The largest absolute Gasteiger partial charge is 0.484 e. The minimum Gasteiger partial charge on any atom is -0.484 e. The molecule has 0 atom stereocenters. The Morgan fingerprint density at radius 2 is 1.81 bits per heavy atom. The van der Waals surface area contributed by atoms with Crippen molar-refractivity contribution >= 4 is 22.8 Å². The average Bonchev–Trinajstić information content (AvgIpc) is 3.05. The Morgan fingerprint density at radius 1 is 1.07 bits per heavy atom. The summed E-state index contributed by atoms with van der Waals surface area (Å²) in [6, 6.07) is 11.0. The Balaban J connectivity index is 1.84. The highest BCUT2D eigenvalue weighted by Crippen LogP contribution is 2.31. The third-order valence-electron chi connectivity index (χ3n) is 3.91. The minimum absolute atomic E-state index is 0.0807. The van der Waals surface area contributed by atoms with Crippen molar-refractivity contribution in [1.82, 2.24) is 4.57 Å². The lowest BCUT2D eigenvalue weighted by Gasteiger charge is -2.10. The highest BCUT2D eigenvalue weighted by molar-refractivity contribution is 6.07. The van der Waals surface area contributed by atoms with E-state index >= 15 is 0 Å². The fourth-order valence-electron chi connectivity index (χ4n) is 2.64. The molecule has 0 saturated carbocycles. The zero-order valence-corrected chi connectivity index (χ0v) is 14.1. The van der Waals surface area contributed by atoms with E-state index in [0.29, 0.717) is 10.9 Å². The number of para-hydroxylation sites is 1. The summed E-state index contributed by atoms with van der Waals surface area (Å²) in [5, 5.41) is 0.525. The monoisotopic (exact) mass is 377 g/mol. The molecule has 1 aromatic heterocycles. The fraction of sp³-hybridized carbons (Fsp3) is 0.158. The maximum absolute atomic E-state index is 12.7. The molecule has 0 radical (unpaired) electrons. The summed E-state index contributed by atoms with van der Waals surface area (Å²) in [5.41, 5.74) is -0.192. The number of carbonyl (C=O) groups is 2. The van der Waals surface area contributed by atoms with Gasteiger partial charge in [-0.25, -0.2) is 4.79 Å². The van der Waals surface area contributed by atoms with E-state index in [0.717, 1.165) is 12.1 Å². The molecule has 3 rings (SSSR count). The van der Waals surface area contributed by atoms with E-state index in [1.165, 1.54) is 30.0 Å². The number of hydrogen-bond donors (Lipinski definition) is 0. The van der Waals surface area contributed by atoms with Crippen LogP contribution < -0.4 is 4.74 Å². The van der Waals surface area contributed by atoms with Gasteiger partial charge in [0.05, 0.1) is 23.8 Å². The van der Waals surface area contributed by atoms with Crippen molar-refractivity contribution in [1.29, 1.82) is 0 Å². The van der Waals surface area contributed by atoms with Crippen LogP contribution in [0.15, 0.2) is 54.7 Å². The molecule has 27 heavy (non-hydrogen) atoms. The van der Waals surface area contributed by atoms with E-state index in [9.17, 15) is 22.8 Å². The van der Waals surface area contributed by atoms with Gasteiger partial charge in [-0.3, -0.25) is 9.36 Å². The molecule has 0 saturated heterocycles. The van der Waals surface area contributed by atoms with Gasteiger partial charge in [-0.05, 0) is 24.3 Å². The quantitative estimate of drug-likeness (QED) is 0.641. The molecule has 0 fully saturated rings. The SMILES string of the molecule is COC(=O)c1cn(C(=O)COc2cccc(C(F)(F)F)c2)c2ccccc12. The smallest absolute Gasteiger partial charge is 0.416 e. The Morgan fingerprint density at radius 3 is 2.52 bits per heavy atom. The second-order valence-electron chi connectivity index (χ2n) is 5.63. The van der Waals surface area contributed by atoms with Crippen LogP contribution in [0.2, 0.25) is 0 Å². The molecule has 2 aromatic carbocycles. The van der Waals surface area contributed by atoms with E-state index < -0.39 is 30.2 Å². The predicted molar refractivity (Wildman–Crippen MR) is 90.8 cm³/mol. The summed E-state index contributed by atoms with van der Waals surface area (Å²) in [4.78, 5) is 24.4. The molecular formula is C19H14F3NO4. The number of halogens is 3. The first-order valence-electron chi connectivity index (χ1n) is 7.83. The topological polar surface area (TPSA) is 57.5 Å². The Kier molecular flexibility index (Phi) is 4.89. The Labute approximate surface area is 151 Å². The Hall–Kier alpha value is -3.29. The van der Waals surface area contributed by atoms with Crippen LogP contribution in [-0.4, -0.2) is 30.2 Å². The van der Waals surface area contributed by atoms with Crippen molar-refractivity contribution in [2.45, 2.75) is 6.18 Å². The van der Waals surface area contributed by atoms with E-state index in [2.05, 4.69) is 0 Å². The van der Waals surface area contributed by atoms with Crippen LogP contribution in [0.3, 0.4) is 0 Å². The highest BCUT2D eigenvalue weighted by Gasteiger charge is 2.30. The number of esters is 1. The van der Waals surface area contributed by atoms with Gasteiger partial charge in [0, 0.05) is 11.6 Å². The summed E-state index contributed by atoms with van der Waals surface area (Å²) in [6.45, 7) is -0.499. The second kappa shape index (κ2) is 7.14. The number of benzene rings is 2. The van der Waals surface area contributed by atoms with Gasteiger partial charge in [-0.15, -0.1) is 0 Å². The molecule has 0 bridgehead atoms. The molecule has 0 aliphatic rings. The Bertz CT molecular complexity index is 1010. The number of rotatable bonds is 4. The van der Waals surface area contributed by atoms with Crippen molar-refractivity contribution in [2.75, 3.05) is 13.7 Å². The molecule has 0 aliphatic carbocycles. The first-order chi connectivity index (χ1) is 12.8. The number of alkyl halides is 3. The van der Waals surface area contributed by atoms with Crippen molar-refractivity contribution in [2.24, 2.45) is 0 Å². The second-order valence-corrected chi connectivity index (χ2v) is 5.63. The standard InChI is InChI=1S/C19H14F3NO4/c1-26-18(25)15-10-23(16-8-3-2-7-14(15)16)17(24)11-27-13-6-4-5-12(9-13)19(20,21)22/h2-10H,11H2,1H3.